The van der Waals surface area contributed by atoms with Gasteiger partial charge in [-0.2, -0.15) is 0 Å². The zero-order chi connectivity index (χ0) is 12.8. The van der Waals surface area contributed by atoms with Gasteiger partial charge >= 0.3 is 0 Å². The Kier molecular flexibility index (Phi) is 4.90. The van der Waals surface area contributed by atoms with Crippen LogP contribution in [0.5, 0.6) is 5.75 Å². The fraction of sp³-hybridized carbons (Fsp3) is 0.417. The molecule has 0 bridgehead atoms. The average Bonchev–Trinajstić information content (AvgIpc) is 2.29. The van der Waals surface area contributed by atoms with Crippen LogP contribution in [0.15, 0.2) is 18.2 Å². The second-order valence-electron chi connectivity index (χ2n) is 3.93. The van der Waals surface area contributed by atoms with Gasteiger partial charge in [0.1, 0.15) is 0 Å². The monoisotopic (exact) mass is 240 g/mol. The lowest BCUT2D eigenvalue weighted by molar-refractivity contribution is -0.120. The second kappa shape index (κ2) is 6.20. The lowest BCUT2D eigenvalue weighted by Gasteiger charge is -2.08. The first-order valence-electron chi connectivity index (χ1n) is 5.37. The summed E-state index contributed by atoms with van der Waals surface area (Å²) < 4.78 is 18.0. The van der Waals surface area contributed by atoms with Crippen LogP contribution < -0.4 is 15.8 Å². The maximum atomic E-state index is 13.1. The number of nitrogens with one attached hydrogen (secondary N) is 1. The molecule has 4 nitrogen and oxygen atoms in total. The number of halogens is 1. The summed E-state index contributed by atoms with van der Waals surface area (Å²) in [5, 5.41) is 2.68. The van der Waals surface area contributed by atoms with E-state index in [-0.39, 0.29) is 24.1 Å². The molecule has 5 heteroatoms. The molecule has 1 atom stereocenters. The Morgan fingerprint density at radius 1 is 1.59 bits per heavy atom. The van der Waals surface area contributed by atoms with Crippen molar-refractivity contribution in [2.75, 3.05) is 13.7 Å². The van der Waals surface area contributed by atoms with Crippen LogP contribution in [0.1, 0.15) is 12.5 Å². The van der Waals surface area contributed by atoms with E-state index in [9.17, 15) is 9.18 Å². The van der Waals surface area contributed by atoms with Crippen molar-refractivity contribution in [3.8, 4) is 5.75 Å². The maximum absolute atomic E-state index is 13.1. The predicted octanol–water partition coefficient (Wildman–Crippen LogP) is 0.840. The molecule has 0 radical (unpaired) electrons. The third-order valence-corrected chi connectivity index (χ3v) is 2.20. The number of benzene rings is 1. The topological polar surface area (TPSA) is 64.3 Å². The summed E-state index contributed by atoms with van der Waals surface area (Å²) in [6.07, 6.45) is 0.184. The highest BCUT2D eigenvalue weighted by molar-refractivity contribution is 5.78. The van der Waals surface area contributed by atoms with E-state index in [0.717, 1.165) is 0 Å². The van der Waals surface area contributed by atoms with Gasteiger partial charge in [0.05, 0.1) is 13.5 Å². The van der Waals surface area contributed by atoms with E-state index in [1.165, 1.54) is 19.2 Å². The molecule has 1 aromatic carbocycles. The lowest BCUT2D eigenvalue weighted by Crippen LogP contribution is -2.35. The molecule has 94 valence electrons. The van der Waals surface area contributed by atoms with Gasteiger partial charge in [-0.1, -0.05) is 6.07 Å². The Balaban J connectivity index is 2.59. The van der Waals surface area contributed by atoms with Gasteiger partial charge in [0.25, 0.3) is 0 Å². The number of nitrogens with two attached hydrogens (primary N) is 1. The van der Waals surface area contributed by atoms with Crippen molar-refractivity contribution >= 4 is 5.91 Å². The van der Waals surface area contributed by atoms with E-state index in [4.69, 9.17) is 10.5 Å². The summed E-state index contributed by atoms with van der Waals surface area (Å²) in [5.41, 5.74) is 6.21. The van der Waals surface area contributed by atoms with E-state index in [0.29, 0.717) is 12.1 Å². The first-order valence-corrected chi connectivity index (χ1v) is 5.37. The van der Waals surface area contributed by atoms with Gasteiger partial charge < -0.3 is 15.8 Å². The fourth-order valence-electron chi connectivity index (χ4n) is 1.34. The molecule has 0 aliphatic carbocycles. The number of amides is 1. The van der Waals surface area contributed by atoms with Crippen molar-refractivity contribution < 1.29 is 13.9 Å². The zero-order valence-electron chi connectivity index (χ0n) is 10.00. The Morgan fingerprint density at radius 2 is 2.29 bits per heavy atom. The van der Waals surface area contributed by atoms with E-state index >= 15 is 0 Å². The molecule has 0 fully saturated rings. The van der Waals surface area contributed by atoms with Crippen LogP contribution in [0.25, 0.3) is 0 Å². The van der Waals surface area contributed by atoms with Crippen molar-refractivity contribution in [3.63, 3.8) is 0 Å². The van der Waals surface area contributed by atoms with Crippen molar-refractivity contribution in [1.29, 1.82) is 0 Å². The Morgan fingerprint density at radius 3 is 2.88 bits per heavy atom. The molecule has 1 amide bonds. The molecule has 3 N–H and O–H groups in total. The number of carbonyl (C=O) groups excluding carboxylic acids is 1. The second-order valence-corrected chi connectivity index (χ2v) is 3.93. The molecule has 0 saturated heterocycles. The number of hydrogen-bond donors (Lipinski definition) is 2. The van der Waals surface area contributed by atoms with E-state index in [1.807, 2.05) is 0 Å². The number of ether oxygens (including phenoxy) is 1. The number of hydrogen-bond acceptors (Lipinski definition) is 3. The third-order valence-electron chi connectivity index (χ3n) is 2.20. The highest BCUT2D eigenvalue weighted by atomic mass is 19.1. The van der Waals surface area contributed by atoms with Crippen molar-refractivity contribution in [2.45, 2.75) is 19.4 Å². The van der Waals surface area contributed by atoms with Crippen molar-refractivity contribution in [3.05, 3.63) is 29.6 Å². The minimum atomic E-state index is -0.438. The molecule has 0 aliphatic heterocycles. The number of rotatable bonds is 5. The maximum Gasteiger partial charge on any atom is 0.224 e. The van der Waals surface area contributed by atoms with Crippen LogP contribution in [0.4, 0.5) is 4.39 Å². The van der Waals surface area contributed by atoms with Crippen LogP contribution in [0.3, 0.4) is 0 Å². The zero-order valence-corrected chi connectivity index (χ0v) is 10.00. The lowest BCUT2D eigenvalue weighted by atomic mass is 10.1. The molecular weight excluding hydrogens is 223 g/mol. The van der Waals surface area contributed by atoms with Gasteiger partial charge in [0, 0.05) is 12.6 Å². The largest absolute Gasteiger partial charge is 0.494 e. The number of carbonyl (C=O) groups is 1. The molecule has 0 aromatic heterocycles. The molecular formula is C12H17FN2O2. The van der Waals surface area contributed by atoms with Gasteiger partial charge in [0.15, 0.2) is 11.6 Å². The van der Waals surface area contributed by atoms with Crippen LogP contribution >= 0.6 is 0 Å². The summed E-state index contributed by atoms with van der Waals surface area (Å²) in [6.45, 7) is 2.23. The van der Waals surface area contributed by atoms with Crippen molar-refractivity contribution in [1.82, 2.24) is 5.32 Å². The normalized spacial score (nSPS) is 12.0. The van der Waals surface area contributed by atoms with Crippen LogP contribution in [0, 0.1) is 5.82 Å². The first-order chi connectivity index (χ1) is 8.02. The summed E-state index contributed by atoms with van der Waals surface area (Å²) >= 11 is 0. The van der Waals surface area contributed by atoms with Crippen LogP contribution in [0.2, 0.25) is 0 Å². The average molecular weight is 240 g/mol. The molecule has 1 aromatic rings. The van der Waals surface area contributed by atoms with E-state index in [1.54, 1.807) is 13.0 Å². The molecule has 0 spiro atoms. The standard InChI is InChI=1S/C12H17FN2O2/c1-8(14)7-15-12(16)6-9-3-4-10(13)11(5-9)17-2/h3-5,8H,6-7,14H2,1-2H3,(H,15,16). The molecule has 17 heavy (non-hydrogen) atoms. The number of methoxy groups -OCH3 is 1. The summed E-state index contributed by atoms with van der Waals surface area (Å²) in [6, 6.07) is 4.28. The van der Waals surface area contributed by atoms with Gasteiger partial charge in [-0.05, 0) is 24.6 Å². The summed E-state index contributed by atoms with van der Waals surface area (Å²) in [5.74, 6) is -0.439. The van der Waals surface area contributed by atoms with Gasteiger partial charge in [-0.25, -0.2) is 4.39 Å². The van der Waals surface area contributed by atoms with Crippen LogP contribution in [-0.4, -0.2) is 25.6 Å². The summed E-state index contributed by atoms with van der Waals surface area (Å²) in [4.78, 5) is 11.5. The van der Waals surface area contributed by atoms with Crippen molar-refractivity contribution in [2.24, 2.45) is 5.73 Å². The summed E-state index contributed by atoms with van der Waals surface area (Å²) in [7, 11) is 1.39. The Labute approximate surface area is 100.0 Å². The predicted molar refractivity (Wildman–Crippen MR) is 63.3 cm³/mol. The molecule has 1 unspecified atom stereocenters. The smallest absolute Gasteiger partial charge is 0.224 e. The third kappa shape index (κ3) is 4.40. The minimum Gasteiger partial charge on any atom is -0.494 e. The van der Waals surface area contributed by atoms with E-state index in [2.05, 4.69) is 5.32 Å². The fourth-order valence-corrected chi connectivity index (χ4v) is 1.34. The molecule has 0 saturated carbocycles. The Hall–Kier alpha value is -1.62. The minimum absolute atomic E-state index is 0.0818. The highest BCUT2D eigenvalue weighted by Crippen LogP contribution is 2.18. The quantitative estimate of drug-likeness (QED) is 0.801. The van der Waals surface area contributed by atoms with Gasteiger partial charge in [-0.3, -0.25) is 4.79 Å². The van der Waals surface area contributed by atoms with Crippen LogP contribution in [-0.2, 0) is 11.2 Å². The van der Waals surface area contributed by atoms with Gasteiger partial charge in [-0.15, -0.1) is 0 Å². The van der Waals surface area contributed by atoms with Gasteiger partial charge in [0.2, 0.25) is 5.91 Å². The van der Waals surface area contributed by atoms with E-state index < -0.39 is 5.82 Å². The molecule has 1 rings (SSSR count). The SMILES string of the molecule is COc1cc(CC(=O)NCC(C)N)ccc1F. The first kappa shape index (κ1) is 13.4. The highest BCUT2D eigenvalue weighted by Gasteiger charge is 2.07. The molecule has 0 heterocycles. The Bertz CT molecular complexity index is 394. The molecule has 0 aliphatic rings.